The van der Waals surface area contributed by atoms with Crippen LogP contribution in [0.25, 0.3) is 0 Å². The van der Waals surface area contributed by atoms with E-state index in [-0.39, 0.29) is 11.5 Å². The predicted molar refractivity (Wildman–Crippen MR) is 74.5 cm³/mol. The Morgan fingerprint density at radius 1 is 0.923 bits per heavy atom. The van der Waals surface area contributed by atoms with Crippen LogP contribution in [0.5, 0.6) is 17.2 Å². The summed E-state index contributed by atoms with van der Waals surface area (Å²) in [5.41, 5.74) is 0. The van der Waals surface area contributed by atoms with Gasteiger partial charge in [0.25, 0.3) is 0 Å². The van der Waals surface area contributed by atoms with Gasteiger partial charge in [-0.1, -0.05) is 0 Å². The van der Waals surface area contributed by atoms with Gasteiger partial charge in [0.1, 0.15) is 11.5 Å². The van der Waals surface area contributed by atoms with Gasteiger partial charge in [-0.3, -0.25) is 0 Å². The van der Waals surface area contributed by atoms with Crippen molar-refractivity contribution < 1.29 is 14.9 Å². The van der Waals surface area contributed by atoms with E-state index in [0.717, 1.165) is 0 Å². The average molecular weight is 518 g/mol. The van der Waals surface area contributed by atoms with Crippen molar-refractivity contribution in [1.29, 1.82) is 0 Å². The Bertz CT molecular complexity index is 322. The molecule has 0 atom stereocenters. The second-order valence-electron chi connectivity index (χ2n) is 2.17. The predicted octanol–water partition coefficient (Wildman–Crippen LogP) is 2.92. The van der Waals surface area contributed by atoms with Crippen LogP contribution in [-0.2, 0) is 0 Å². The molecule has 1 aromatic carbocycles. The molecule has 0 saturated carbocycles. The minimum absolute atomic E-state index is 0.0657. The van der Waals surface area contributed by atoms with Gasteiger partial charge >= 0.3 is 0 Å². The largest absolute Gasteiger partial charge is 0.505 e. The smallest absolute Gasteiger partial charge is 0.153 e. The number of methoxy groups -OCH3 is 1. The Balaban J connectivity index is 3.56. The summed E-state index contributed by atoms with van der Waals surface area (Å²) in [5, 5.41) is 19.1. The topological polar surface area (TPSA) is 49.7 Å². The Hall–Kier alpha value is 0.810. The quantitative estimate of drug-likeness (QED) is 0.564. The van der Waals surface area contributed by atoms with Gasteiger partial charge in [0.2, 0.25) is 0 Å². The third-order valence-corrected chi connectivity index (χ3v) is 4.46. The lowest BCUT2D eigenvalue weighted by molar-refractivity contribution is 0.386. The molecular weight excluding hydrogens is 513 g/mol. The molecule has 0 amide bonds. The van der Waals surface area contributed by atoms with Gasteiger partial charge in [0, 0.05) is 0 Å². The summed E-state index contributed by atoms with van der Waals surface area (Å²) in [4.78, 5) is 0. The highest BCUT2D eigenvalue weighted by atomic mass is 127. The van der Waals surface area contributed by atoms with Crippen molar-refractivity contribution in [1.82, 2.24) is 0 Å². The third-order valence-electron chi connectivity index (χ3n) is 1.43. The number of halogens is 3. The Morgan fingerprint density at radius 3 is 1.62 bits per heavy atom. The Kier molecular flexibility index (Phi) is 4.16. The maximum absolute atomic E-state index is 9.57. The van der Waals surface area contributed by atoms with Crippen LogP contribution in [-0.4, -0.2) is 17.3 Å². The van der Waals surface area contributed by atoms with E-state index in [1.165, 1.54) is 7.11 Å². The molecule has 1 aromatic rings. The molecule has 1 rings (SSSR count). The number of aromatic hydroxyl groups is 2. The number of rotatable bonds is 1. The molecule has 2 N–H and O–H groups in total. The molecule has 0 aliphatic carbocycles. The molecule has 0 aliphatic heterocycles. The van der Waals surface area contributed by atoms with Crippen LogP contribution in [0.4, 0.5) is 0 Å². The summed E-state index contributed by atoms with van der Waals surface area (Å²) >= 11 is 5.84. The Labute approximate surface area is 116 Å². The van der Waals surface area contributed by atoms with Gasteiger partial charge in [-0.15, -0.1) is 0 Å². The van der Waals surface area contributed by atoms with Crippen molar-refractivity contribution in [2.75, 3.05) is 7.11 Å². The third kappa shape index (κ3) is 2.08. The van der Waals surface area contributed by atoms with E-state index in [1.54, 1.807) is 0 Å². The van der Waals surface area contributed by atoms with Crippen molar-refractivity contribution >= 4 is 67.8 Å². The van der Waals surface area contributed by atoms with Crippen LogP contribution in [0.1, 0.15) is 0 Å². The molecule has 13 heavy (non-hydrogen) atoms. The summed E-state index contributed by atoms with van der Waals surface area (Å²) in [6, 6.07) is 0. The molecule has 0 heterocycles. The van der Waals surface area contributed by atoms with E-state index in [2.05, 4.69) is 0 Å². The summed E-state index contributed by atoms with van der Waals surface area (Å²) < 4.78 is 6.74. The molecule has 72 valence electrons. The van der Waals surface area contributed by atoms with Gasteiger partial charge in [0.15, 0.2) is 5.75 Å². The second kappa shape index (κ2) is 4.55. The highest BCUT2D eigenvalue weighted by Crippen LogP contribution is 2.43. The lowest BCUT2D eigenvalue weighted by Crippen LogP contribution is -1.94. The zero-order valence-corrected chi connectivity index (χ0v) is 12.9. The van der Waals surface area contributed by atoms with Crippen LogP contribution in [0.15, 0.2) is 0 Å². The van der Waals surface area contributed by atoms with Crippen LogP contribution < -0.4 is 4.74 Å². The number of phenolic OH excluding ortho intramolecular Hbond substituents is 2. The summed E-state index contributed by atoms with van der Waals surface area (Å²) in [5.74, 6) is 0.642. The standard InChI is InChI=1S/C7H5I3O3/c1-13-7-3(9)5(11)2(8)6(12)4(7)10/h11-12H,1H3. The molecule has 0 fully saturated rings. The fraction of sp³-hybridized carbons (Fsp3) is 0.143. The minimum atomic E-state index is 0.0657. The van der Waals surface area contributed by atoms with Crippen molar-refractivity contribution in [3.63, 3.8) is 0 Å². The van der Waals surface area contributed by atoms with E-state index >= 15 is 0 Å². The van der Waals surface area contributed by atoms with Crippen LogP contribution in [0, 0.1) is 10.7 Å². The lowest BCUT2D eigenvalue weighted by atomic mass is 10.3. The van der Waals surface area contributed by atoms with E-state index in [1.807, 2.05) is 67.8 Å². The number of hydrogen-bond acceptors (Lipinski definition) is 3. The van der Waals surface area contributed by atoms with Gasteiger partial charge < -0.3 is 14.9 Å². The van der Waals surface area contributed by atoms with Crippen LogP contribution in [0.2, 0.25) is 0 Å². The maximum Gasteiger partial charge on any atom is 0.153 e. The summed E-state index contributed by atoms with van der Waals surface area (Å²) in [6.07, 6.45) is 0. The molecule has 0 unspecified atom stereocenters. The molecule has 0 aliphatic rings. The van der Waals surface area contributed by atoms with Gasteiger partial charge in [-0.25, -0.2) is 0 Å². The molecule has 0 saturated heterocycles. The van der Waals surface area contributed by atoms with Gasteiger partial charge in [-0.2, -0.15) is 0 Å². The highest BCUT2D eigenvalue weighted by molar-refractivity contribution is 14.1. The first kappa shape index (κ1) is 11.9. The molecule has 0 spiro atoms. The normalized spacial score (nSPS) is 10.2. The van der Waals surface area contributed by atoms with Crippen LogP contribution >= 0.6 is 67.8 Å². The maximum atomic E-state index is 9.57. The monoisotopic (exact) mass is 518 g/mol. The van der Waals surface area contributed by atoms with Crippen molar-refractivity contribution in [2.45, 2.75) is 0 Å². The zero-order chi connectivity index (χ0) is 10.2. The molecule has 3 nitrogen and oxygen atoms in total. The lowest BCUT2D eigenvalue weighted by Gasteiger charge is -2.11. The van der Waals surface area contributed by atoms with Gasteiger partial charge in [-0.05, 0) is 67.8 Å². The fourth-order valence-corrected chi connectivity index (χ4v) is 4.40. The number of benzene rings is 1. The SMILES string of the molecule is COc1c(I)c(O)c(I)c(O)c1I. The van der Waals surface area contributed by atoms with E-state index in [0.29, 0.717) is 16.5 Å². The first-order chi connectivity index (χ1) is 6.00. The zero-order valence-electron chi connectivity index (χ0n) is 6.44. The van der Waals surface area contributed by atoms with E-state index < -0.39 is 0 Å². The van der Waals surface area contributed by atoms with Gasteiger partial charge in [0.05, 0.1) is 17.8 Å². The molecular formula is C7H5I3O3. The number of ether oxygens (including phenoxy) is 1. The Morgan fingerprint density at radius 2 is 1.31 bits per heavy atom. The first-order valence-corrected chi connectivity index (χ1v) is 6.36. The van der Waals surface area contributed by atoms with Crippen LogP contribution in [0.3, 0.4) is 0 Å². The van der Waals surface area contributed by atoms with Crippen molar-refractivity contribution in [3.05, 3.63) is 10.7 Å². The van der Waals surface area contributed by atoms with Crippen molar-refractivity contribution in [2.24, 2.45) is 0 Å². The molecule has 6 heteroatoms. The molecule has 0 radical (unpaired) electrons. The van der Waals surface area contributed by atoms with E-state index in [9.17, 15) is 10.2 Å². The fourth-order valence-electron chi connectivity index (χ4n) is 0.795. The van der Waals surface area contributed by atoms with E-state index in [4.69, 9.17) is 4.74 Å². The average Bonchev–Trinajstić information content (AvgIpc) is 2.13. The summed E-state index contributed by atoms with van der Waals surface area (Å²) in [6.45, 7) is 0. The molecule has 0 aromatic heterocycles. The highest BCUT2D eigenvalue weighted by Gasteiger charge is 2.19. The molecule has 0 bridgehead atoms. The number of phenols is 2. The second-order valence-corrected chi connectivity index (χ2v) is 5.41. The first-order valence-electron chi connectivity index (χ1n) is 3.13. The summed E-state index contributed by atoms with van der Waals surface area (Å²) in [7, 11) is 1.51. The minimum Gasteiger partial charge on any atom is -0.505 e. The van der Waals surface area contributed by atoms with Crippen molar-refractivity contribution in [3.8, 4) is 17.2 Å². The number of hydrogen-bond donors (Lipinski definition) is 2.